The molecule has 2 N–H and O–H groups in total. The molecular weight excluding hydrogens is 234 g/mol. The fourth-order valence-corrected chi connectivity index (χ4v) is 2.59. The minimum atomic E-state index is -0.770. The van der Waals surface area contributed by atoms with Crippen LogP contribution in [0.15, 0.2) is 18.2 Å². The Hall–Kier alpha value is -1.00. The summed E-state index contributed by atoms with van der Waals surface area (Å²) in [5.41, 5.74) is 6.17. The Morgan fingerprint density at radius 3 is 2.89 bits per heavy atom. The number of rotatable bonds is 3. The van der Waals surface area contributed by atoms with Gasteiger partial charge in [-0.2, -0.15) is 0 Å². The van der Waals surface area contributed by atoms with Gasteiger partial charge < -0.3 is 5.73 Å². The van der Waals surface area contributed by atoms with E-state index in [-0.39, 0.29) is 0 Å². The number of halogens is 2. The zero-order chi connectivity index (χ0) is 13.1. The predicted molar refractivity (Wildman–Crippen MR) is 68.0 cm³/mol. The van der Waals surface area contributed by atoms with Crippen molar-refractivity contribution in [3.63, 3.8) is 0 Å². The van der Waals surface area contributed by atoms with E-state index in [2.05, 4.69) is 11.8 Å². The van der Waals surface area contributed by atoms with Gasteiger partial charge in [-0.15, -0.1) is 0 Å². The van der Waals surface area contributed by atoms with Gasteiger partial charge in [0.1, 0.15) is 0 Å². The number of benzene rings is 1. The first-order valence-electron chi connectivity index (χ1n) is 6.47. The van der Waals surface area contributed by atoms with Gasteiger partial charge >= 0.3 is 0 Å². The van der Waals surface area contributed by atoms with Gasteiger partial charge in [0, 0.05) is 18.7 Å². The highest BCUT2D eigenvalue weighted by atomic mass is 19.2. The third kappa shape index (κ3) is 2.87. The Labute approximate surface area is 107 Å². The smallest absolute Gasteiger partial charge is 0.163 e. The summed E-state index contributed by atoms with van der Waals surface area (Å²) >= 11 is 0. The van der Waals surface area contributed by atoms with Gasteiger partial charge in [0.05, 0.1) is 0 Å². The van der Waals surface area contributed by atoms with Crippen molar-refractivity contribution in [2.45, 2.75) is 19.9 Å². The lowest BCUT2D eigenvalue weighted by atomic mass is 9.87. The zero-order valence-electron chi connectivity index (χ0n) is 10.7. The molecular formula is C14H20F2N2. The van der Waals surface area contributed by atoms with Crippen LogP contribution in [0.1, 0.15) is 18.9 Å². The molecule has 0 bridgehead atoms. The van der Waals surface area contributed by atoms with Crippen molar-refractivity contribution in [2.75, 3.05) is 19.6 Å². The van der Waals surface area contributed by atoms with Crippen molar-refractivity contribution < 1.29 is 8.78 Å². The summed E-state index contributed by atoms with van der Waals surface area (Å²) in [5, 5.41) is 0. The number of nitrogens with zero attached hydrogens (tertiary/aromatic N) is 1. The quantitative estimate of drug-likeness (QED) is 0.897. The van der Waals surface area contributed by atoms with Crippen molar-refractivity contribution >= 4 is 0 Å². The molecule has 0 amide bonds. The monoisotopic (exact) mass is 254 g/mol. The molecule has 2 rings (SSSR count). The van der Waals surface area contributed by atoms with Crippen molar-refractivity contribution in [1.82, 2.24) is 4.90 Å². The van der Waals surface area contributed by atoms with E-state index in [1.807, 2.05) is 0 Å². The molecule has 0 radical (unpaired) electrons. The largest absolute Gasteiger partial charge is 0.330 e. The highest BCUT2D eigenvalue weighted by Crippen LogP contribution is 2.24. The maximum atomic E-state index is 13.6. The molecule has 0 spiro atoms. The molecule has 1 aliphatic heterocycles. The molecule has 18 heavy (non-hydrogen) atoms. The first kappa shape index (κ1) is 13.4. The minimum absolute atomic E-state index is 0.431. The number of hydrogen-bond acceptors (Lipinski definition) is 2. The molecule has 0 saturated carbocycles. The van der Waals surface area contributed by atoms with Gasteiger partial charge in [-0.1, -0.05) is 19.1 Å². The topological polar surface area (TPSA) is 29.3 Å². The number of piperidine rings is 1. The normalized spacial score (nSPS) is 25.3. The third-order valence-electron chi connectivity index (χ3n) is 3.93. The summed E-state index contributed by atoms with van der Waals surface area (Å²) in [7, 11) is 0. The maximum Gasteiger partial charge on any atom is 0.163 e. The van der Waals surface area contributed by atoms with E-state index in [1.54, 1.807) is 12.1 Å². The first-order chi connectivity index (χ1) is 8.61. The maximum absolute atomic E-state index is 13.6. The summed E-state index contributed by atoms with van der Waals surface area (Å²) < 4.78 is 26.7. The van der Waals surface area contributed by atoms with Crippen LogP contribution >= 0.6 is 0 Å². The Morgan fingerprint density at radius 2 is 2.17 bits per heavy atom. The van der Waals surface area contributed by atoms with Crippen LogP contribution in [0.25, 0.3) is 0 Å². The molecule has 1 aromatic carbocycles. The standard InChI is InChI=1S/C14H20F2N2/c1-10-5-6-18(9-12(10)7-17)8-11-3-2-4-13(15)14(11)16/h2-4,10,12H,5-9,17H2,1H3. The van der Waals surface area contributed by atoms with Crippen LogP contribution in [0.3, 0.4) is 0 Å². The number of nitrogens with two attached hydrogens (primary N) is 1. The summed E-state index contributed by atoms with van der Waals surface area (Å²) in [6.07, 6.45) is 1.07. The van der Waals surface area contributed by atoms with E-state index in [0.717, 1.165) is 25.6 Å². The minimum Gasteiger partial charge on any atom is -0.330 e. The Balaban J connectivity index is 2.03. The van der Waals surface area contributed by atoms with Crippen LogP contribution in [0.4, 0.5) is 8.78 Å². The van der Waals surface area contributed by atoms with Crippen LogP contribution in [-0.4, -0.2) is 24.5 Å². The third-order valence-corrected chi connectivity index (χ3v) is 3.93. The average Bonchev–Trinajstić information content (AvgIpc) is 2.37. The van der Waals surface area contributed by atoms with E-state index in [4.69, 9.17) is 5.73 Å². The molecule has 2 nitrogen and oxygen atoms in total. The van der Waals surface area contributed by atoms with E-state index in [9.17, 15) is 8.78 Å². The van der Waals surface area contributed by atoms with Gasteiger partial charge in [0.25, 0.3) is 0 Å². The van der Waals surface area contributed by atoms with Crippen LogP contribution in [0, 0.1) is 23.5 Å². The molecule has 2 atom stereocenters. The fourth-order valence-electron chi connectivity index (χ4n) is 2.59. The fraction of sp³-hybridized carbons (Fsp3) is 0.571. The zero-order valence-corrected chi connectivity index (χ0v) is 10.7. The van der Waals surface area contributed by atoms with Crippen molar-refractivity contribution in [2.24, 2.45) is 17.6 Å². The van der Waals surface area contributed by atoms with Crippen LogP contribution in [0.2, 0.25) is 0 Å². The Bertz CT molecular complexity index is 409. The Kier molecular flexibility index (Phi) is 4.30. The molecule has 4 heteroatoms. The van der Waals surface area contributed by atoms with Gasteiger partial charge in [-0.25, -0.2) is 8.78 Å². The second-order valence-corrected chi connectivity index (χ2v) is 5.21. The average molecular weight is 254 g/mol. The Morgan fingerprint density at radius 1 is 1.39 bits per heavy atom. The lowest BCUT2D eigenvalue weighted by Gasteiger charge is -2.36. The number of likely N-dealkylation sites (tertiary alicyclic amines) is 1. The van der Waals surface area contributed by atoms with Gasteiger partial charge in [0.15, 0.2) is 11.6 Å². The van der Waals surface area contributed by atoms with E-state index in [0.29, 0.717) is 30.5 Å². The van der Waals surface area contributed by atoms with Gasteiger partial charge in [-0.3, -0.25) is 4.90 Å². The summed E-state index contributed by atoms with van der Waals surface area (Å²) in [6.45, 7) is 5.12. The lowest BCUT2D eigenvalue weighted by Crippen LogP contribution is -2.42. The summed E-state index contributed by atoms with van der Waals surface area (Å²) in [4.78, 5) is 2.16. The van der Waals surface area contributed by atoms with E-state index < -0.39 is 11.6 Å². The van der Waals surface area contributed by atoms with Crippen molar-refractivity contribution in [1.29, 1.82) is 0 Å². The second-order valence-electron chi connectivity index (χ2n) is 5.21. The van der Waals surface area contributed by atoms with Crippen molar-refractivity contribution in [3.05, 3.63) is 35.4 Å². The highest BCUT2D eigenvalue weighted by molar-refractivity contribution is 5.18. The molecule has 2 unspecified atom stereocenters. The molecule has 1 fully saturated rings. The molecule has 1 saturated heterocycles. The molecule has 1 aliphatic rings. The van der Waals surface area contributed by atoms with Crippen molar-refractivity contribution in [3.8, 4) is 0 Å². The number of hydrogen-bond donors (Lipinski definition) is 1. The van der Waals surface area contributed by atoms with Crippen LogP contribution in [0.5, 0.6) is 0 Å². The summed E-state index contributed by atoms with van der Waals surface area (Å²) in [6, 6.07) is 4.36. The van der Waals surface area contributed by atoms with E-state index in [1.165, 1.54) is 0 Å². The van der Waals surface area contributed by atoms with Crippen LogP contribution in [-0.2, 0) is 6.54 Å². The lowest BCUT2D eigenvalue weighted by molar-refractivity contribution is 0.125. The van der Waals surface area contributed by atoms with Gasteiger partial charge in [-0.05, 0) is 37.4 Å². The van der Waals surface area contributed by atoms with Crippen LogP contribution < -0.4 is 5.73 Å². The summed E-state index contributed by atoms with van der Waals surface area (Å²) in [5.74, 6) is -0.423. The SMILES string of the molecule is CC1CCN(Cc2cccc(F)c2F)CC1CN. The molecule has 1 heterocycles. The molecule has 0 aliphatic carbocycles. The van der Waals surface area contributed by atoms with Gasteiger partial charge in [0.2, 0.25) is 0 Å². The second kappa shape index (κ2) is 5.76. The molecule has 100 valence electrons. The predicted octanol–water partition coefficient (Wildman–Crippen LogP) is 2.38. The highest BCUT2D eigenvalue weighted by Gasteiger charge is 2.25. The van der Waals surface area contributed by atoms with E-state index >= 15 is 0 Å². The first-order valence-corrected chi connectivity index (χ1v) is 6.47. The molecule has 0 aromatic heterocycles. The molecule has 1 aromatic rings.